The minimum absolute atomic E-state index is 0.102. The van der Waals surface area contributed by atoms with Gasteiger partial charge in [-0.1, -0.05) is 17.7 Å². The molecular formula is C15H21ClN2O2. The number of nitrogen functional groups attached to an aromatic ring is 1. The topological polar surface area (TPSA) is 55.6 Å². The first kappa shape index (κ1) is 15.1. The summed E-state index contributed by atoms with van der Waals surface area (Å²) in [5.41, 5.74) is 5.93. The van der Waals surface area contributed by atoms with Crippen LogP contribution >= 0.6 is 11.6 Å². The Morgan fingerprint density at radius 1 is 1.25 bits per heavy atom. The van der Waals surface area contributed by atoms with Gasteiger partial charge in [-0.15, -0.1) is 0 Å². The molecule has 110 valence electrons. The quantitative estimate of drug-likeness (QED) is 0.811. The molecule has 1 aliphatic heterocycles. The standard InChI is InChI=1S/C15H21ClN2O2/c1-14(2)8-18(9-15(3,4)20-14)13(19)10-6-5-7-11(16)12(10)17/h5-7H,8-9,17H2,1-4H3. The monoisotopic (exact) mass is 296 g/mol. The molecule has 0 saturated carbocycles. The molecule has 1 amide bonds. The summed E-state index contributed by atoms with van der Waals surface area (Å²) >= 11 is 5.99. The van der Waals surface area contributed by atoms with Crippen molar-refractivity contribution in [3.8, 4) is 0 Å². The van der Waals surface area contributed by atoms with Crippen LogP contribution < -0.4 is 5.73 Å². The Labute approximate surface area is 124 Å². The van der Waals surface area contributed by atoms with E-state index in [-0.39, 0.29) is 17.1 Å². The Kier molecular flexibility index (Phi) is 3.73. The van der Waals surface area contributed by atoms with E-state index in [9.17, 15) is 4.79 Å². The molecule has 0 aromatic heterocycles. The zero-order valence-electron chi connectivity index (χ0n) is 12.4. The number of ether oxygens (including phenoxy) is 1. The normalized spacial score (nSPS) is 20.8. The van der Waals surface area contributed by atoms with Crippen molar-refractivity contribution >= 4 is 23.2 Å². The lowest BCUT2D eigenvalue weighted by atomic mass is 9.98. The molecule has 1 fully saturated rings. The van der Waals surface area contributed by atoms with Crippen LogP contribution in [0.4, 0.5) is 5.69 Å². The van der Waals surface area contributed by atoms with Crippen LogP contribution in [0.1, 0.15) is 38.1 Å². The number of nitrogens with two attached hydrogens (primary N) is 1. The zero-order valence-corrected chi connectivity index (χ0v) is 13.1. The van der Waals surface area contributed by atoms with Gasteiger partial charge in [0.2, 0.25) is 0 Å². The number of rotatable bonds is 1. The summed E-state index contributed by atoms with van der Waals surface area (Å²) in [5, 5.41) is 0.405. The molecule has 1 aromatic rings. The van der Waals surface area contributed by atoms with Crippen LogP contribution in [0.5, 0.6) is 0 Å². The Bertz CT molecular complexity index is 525. The van der Waals surface area contributed by atoms with E-state index in [2.05, 4.69) is 0 Å². The molecule has 0 radical (unpaired) electrons. The summed E-state index contributed by atoms with van der Waals surface area (Å²) < 4.78 is 5.98. The minimum Gasteiger partial charge on any atom is -0.397 e. The SMILES string of the molecule is CC1(C)CN(C(=O)c2cccc(Cl)c2N)CC(C)(C)O1. The Morgan fingerprint density at radius 3 is 2.35 bits per heavy atom. The molecule has 5 heteroatoms. The van der Waals surface area contributed by atoms with E-state index >= 15 is 0 Å². The van der Waals surface area contributed by atoms with Crippen LogP contribution in [0.25, 0.3) is 0 Å². The van der Waals surface area contributed by atoms with Gasteiger partial charge in [-0.2, -0.15) is 0 Å². The van der Waals surface area contributed by atoms with Crippen molar-refractivity contribution in [2.24, 2.45) is 0 Å². The van der Waals surface area contributed by atoms with Gasteiger partial charge in [-0.25, -0.2) is 0 Å². The fourth-order valence-electron chi connectivity index (χ4n) is 2.83. The maximum absolute atomic E-state index is 12.7. The van der Waals surface area contributed by atoms with E-state index in [4.69, 9.17) is 22.1 Å². The lowest BCUT2D eigenvalue weighted by molar-refractivity contribution is -0.171. The van der Waals surface area contributed by atoms with Gasteiger partial charge in [0.15, 0.2) is 0 Å². The first-order valence-electron chi connectivity index (χ1n) is 6.65. The molecule has 1 saturated heterocycles. The third-order valence-electron chi connectivity index (χ3n) is 3.27. The van der Waals surface area contributed by atoms with Gasteiger partial charge in [-0.3, -0.25) is 4.79 Å². The molecular weight excluding hydrogens is 276 g/mol. The van der Waals surface area contributed by atoms with E-state index in [0.717, 1.165) is 0 Å². The fraction of sp³-hybridized carbons (Fsp3) is 0.533. The molecule has 0 atom stereocenters. The second kappa shape index (κ2) is 4.93. The second-order valence-corrected chi connectivity index (χ2v) is 6.89. The zero-order chi connectivity index (χ0) is 15.1. The molecule has 1 aliphatic rings. The van der Waals surface area contributed by atoms with Crippen LogP contribution in [0.3, 0.4) is 0 Å². The van der Waals surface area contributed by atoms with Crippen molar-refractivity contribution in [2.45, 2.75) is 38.9 Å². The largest absolute Gasteiger partial charge is 0.397 e. The number of para-hydroxylation sites is 1. The number of nitrogens with zero attached hydrogens (tertiary/aromatic N) is 1. The molecule has 0 aliphatic carbocycles. The molecule has 2 N–H and O–H groups in total. The van der Waals surface area contributed by atoms with Crippen LogP contribution in [0.2, 0.25) is 5.02 Å². The van der Waals surface area contributed by atoms with Gasteiger partial charge in [-0.05, 0) is 39.8 Å². The number of anilines is 1. The molecule has 0 unspecified atom stereocenters. The van der Waals surface area contributed by atoms with Gasteiger partial charge < -0.3 is 15.4 Å². The van der Waals surface area contributed by atoms with E-state index in [1.807, 2.05) is 27.7 Å². The first-order valence-corrected chi connectivity index (χ1v) is 7.03. The number of morpholine rings is 1. The van der Waals surface area contributed by atoms with Crippen molar-refractivity contribution < 1.29 is 9.53 Å². The summed E-state index contributed by atoms with van der Waals surface area (Å²) in [5.74, 6) is -0.102. The first-order chi connectivity index (χ1) is 9.11. The average molecular weight is 297 g/mol. The number of hydrogen-bond donors (Lipinski definition) is 1. The lowest BCUT2D eigenvalue weighted by Crippen LogP contribution is -2.58. The van der Waals surface area contributed by atoms with Gasteiger partial charge >= 0.3 is 0 Å². The highest BCUT2D eigenvalue weighted by Crippen LogP contribution is 2.30. The fourth-order valence-corrected chi connectivity index (χ4v) is 3.00. The summed E-state index contributed by atoms with van der Waals surface area (Å²) in [4.78, 5) is 14.5. The number of amides is 1. The van der Waals surface area contributed by atoms with Crippen molar-refractivity contribution in [1.29, 1.82) is 0 Å². The van der Waals surface area contributed by atoms with Crippen LogP contribution in [-0.2, 0) is 4.74 Å². The minimum atomic E-state index is -0.384. The van der Waals surface area contributed by atoms with Crippen molar-refractivity contribution in [3.63, 3.8) is 0 Å². The van der Waals surface area contributed by atoms with E-state index in [1.165, 1.54) is 0 Å². The number of halogens is 1. The molecule has 1 aromatic carbocycles. The van der Waals surface area contributed by atoms with Gasteiger partial charge in [0.05, 0.1) is 27.5 Å². The molecule has 2 rings (SSSR count). The Morgan fingerprint density at radius 2 is 1.80 bits per heavy atom. The highest BCUT2D eigenvalue weighted by Gasteiger charge is 2.40. The summed E-state index contributed by atoms with van der Waals surface area (Å²) in [7, 11) is 0. The third-order valence-corrected chi connectivity index (χ3v) is 3.60. The summed E-state index contributed by atoms with van der Waals surface area (Å²) in [6, 6.07) is 5.13. The van der Waals surface area contributed by atoms with Gasteiger partial charge in [0.25, 0.3) is 5.91 Å². The van der Waals surface area contributed by atoms with Crippen molar-refractivity contribution in [2.75, 3.05) is 18.8 Å². The molecule has 0 spiro atoms. The summed E-state index contributed by atoms with van der Waals surface area (Å²) in [6.07, 6.45) is 0. The van der Waals surface area contributed by atoms with Gasteiger partial charge in [0.1, 0.15) is 0 Å². The number of carbonyl (C=O) groups is 1. The second-order valence-electron chi connectivity index (χ2n) is 6.48. The molecule has 0 bridgehead atoms. The van der Waals surface area contributed by atoms with Crippen LogP contribution in [-0.4, -0.2) is 35.1 Å². The van der Waals surface area contributed by atoms with Crippen molar-refractivity contribution in [3.05, 3.63) is 28.8 Å². The maximum atomic E-state index is 12.7. The molecule has 1 heterocycles. The number of benzene rings is 1. The number of hydrogen-bond acceptors (Lipinski definition) is 3. The van der Waals surface area contributed by atoms with E-state index in [0.29, 0.717) is 29.4 Å². The Balaban J connectivity index is 2.31. The highest BCUT2D eigenvalue weighted by molar-refractivity contribution is 6.33. The van der Waals surface area contributed by atoms with E-state index < -0.39 is 0 Å². The van der Waals surface area contributed by atoms with Crippen LogP contribution in [0, 0.1) is 0 Å². The smallest absolute Gasteiger partial charge is 0.256 e. The summed E-state index contributed by atoms with van der Waals surface area (Å²) in [6.45, 7) is 8.98. The molecule has 4 nitrogen and oxygen atoms in total. The maximum Gasteiger partial charge on any atom is 0.256 e. The molecule has 20 heavy (non-hydrogen) atoms. The van der Waals surface area contributed by atoms with Gasteiger partial charge in [0, 0.05) is 13.1 Å². The van der Waals surface area contributed by atoms with Crippen molar-refractivity contribution in [1.82, 2.24) is 4.90 Å². The Hall–Kier alpha value is -1.26. The third kappa shape index (κ3) is 3.07. The average Bonchev–Trinajstić information content (AvgIpc) is 2.28. The highest BCUT2D eigenvalue weighted by atomic mass is 35.5. The predicted octanol–water partition coefficient (Wildman–Crippen LogP) is 2.95. The number of carbonyl (C=O) groups excluding carboxylic acids is 1. The van der Waals surface area contributed by atoms with E-state index in [1.54, 1.807) is 23.1 Å². The predicted molar refractivity (Wildman–Crippen MR) is 81.0 cm³/mol. The lowest BCUT2D eigenvalue weighted by Gasteiger charge is -2.47. The van der Waals surface area contributed by atoms with Crippen LogP contribution in [0.15, 0.2) is 18.2 Å².